The van der Waals surface area contributed by atoms with Gasteiger partial charge in [-0.1, -0.05) is 6.58 Å². The zero-order valence-corrected chi connectivity index (χ0v) is 7.66. The van der Waals surface area contributed by atoms with Crippen molar-refractivity contribution in [1.29, 1.82) is 0 Å². The van der Waals surface area contributed by atoms with Gasteiger partial charge in [-0.2, -0.15) is 30.7 Å². The highest BCUT2D eigenvalue weighted by molar-refractivity contribution is 5.88. The van der Waals surface area contributed by atoms with E-state index in [2.05, 4.69) is 0 Å². The smallest absolute Gasteiger partial charge is 0.425 e. The fourth-order valence-corrected chi connectivity index (χ4v) is 0.700. The van der Waals surface area contributed by atoms with Crippen molar-refractivity contribution >= 4 is 5.97 Å². The van der Waals surface area contributed by atoms with Crippen molar-refractivity contribution in [3.63, 3.8) is 0 Å². The molecule has 1 N–H and O–H groups in total. The van der Waals surface area contributed by atoms with Crippen LogP contribution in [0.1, 0.15) is 0 Å². The number of hydrogen-bond donors (Lipinski definition) is 1. The second-order valence-corrected chi connectivity index (χ2v) is 2.89. The van der Waals surface area contributed by atoms with Crippen molar-refractivity contribution in [2.45, 2.75) is 24.2 Å². The fourth-order valence-electron chi connectivity index (χ4n) is 0.700. The molecule has 0 radical (unpaired) electrons. The summed E-state index contributed by atoms with van der Waals surface area (Å²) in [7, 11) is 0. The van der Waals surface area contributed by atoms with Crippen LogP contribution in [0, 0.1) is 0 Å². The Hall–Kier alpha value is -1.35. The molecular weight excluding hydrogens is 268 g/mol. The Morgan fingerprint density at radius 1 is 1.06 bits per heavy atom. The van der Waals surface area contributed by atoms with Gasteiger partial charge in [0, 0.05) is 0 Å². The van der Waals surface area contributed by atoms with Gasteiger partial charge in [0.05, 0.1) is 0 Å². The summed E-state index contributed by atoms with van der Waals surface area (Å²) in [6.45, 7) is 1.99. The van der Waals surface area contributed by atoms with Gasteiger partial charge in [-0.15, -0.1) is 0 Å². The molecule has 0 heterocycles. The van der Waals surface area contributed by atoms with Crippen LogP contribution in [0.4, 0.5) is 35.1 Å². The third kappa shape index (κ3) is 2.67. The molecule has 0 aliphatic heterocycles. The second kappa shape index (κ2) is 4.15. The van der Waals surface area contributed by atoms with E-state index >= 15 is 0 Å². The predicted molar refractivity (Wildman–Crippen MR) is 37.6 cm³/mol. The molecule has 0 aromatic carbocycles. The number of carboxylic acid groups (broad SMARTS) is 1. The average molecular weight is 272 g/mol. The molecular formula is C7H4F8O2. The maximum atomic E-state index is 12.7. The van der Waals surface area contributed by atoms with Gasteiger partial charge in [0.25, 0.3) is 6.17 Å². The molecule has 0 aliphatic rings. The molecule has 0 amide bonds. The largest absolute Gasteiger partial charge is 0.478 e. The van der Waals surface area contributed by atoms with E-state index < -0.39 is 35.7 Å². The van der Waals surface area contributed by atoms with Crippen molar-refractivity contribution in [3.8, 4) is 0 Å². The Morgan fingerprint density at radius 3 is 1.65 bits per heavy atom. The van der Waals surface area contributed by atoms with Gasteiger partial charge in [-0.05, 0) is 0 Å². The van der Waals surface area contributed by atoms with E-state index in [4.69, 9.17) is 5.11 Å². The quantitative estimate of drug-likeness (QED) is 0.631. The van der Waals surface area contributed by atoms with E-state index in [1.807, 2.05) is 6.58 Å². The molecule has 100 valence electrons. The van der Waals surface area contributed by atoms with Crippen molar-refractivity contribution in [2.75, 3.05) is 0 Å². The zero-order chi connectivity index (χ0) is 14.2. The molecule has 0 aromatic heterocycles. The first-order chi connectivity index (χ1) is 7.26. The van der Waals surface area contributed by atoms with Gasteiger partial charge >= 0.3 is 24.0 Å². The summed E-state index contributed by atoms with van der Waals surface area (Å²) in [5.74, 6) is -14.8. The first kappa shape index (κ1) is 15.6. The molecule has 2 nitrogen and oxygen atoms in total. The van der Waals surface area contributed by atoms with E-state index in [1.165, 1.54) is 0 Å². The number of carboxylic acids is 1. The third-order valence-corrected chi connectivity index (χ3v) is 1.66. The Morgan fingerprint density at radius 2 is 1.41 bits per heavy atom. The standard InChI is InChI=1S/C7H4F8O2/c1-2(3(16)17)5(9,10)6(11,12)4(8)7(13,14)15/h4H,1H2,(H,16,17). The summed E-state index contributed by atoms with van der Waals surface area (Å²) < 4.78 is 97.3. The van der Waals surface area contributed by atoms with Crippen LogP contribution in [0.2, 0.25) is 0 Å². The van der Waals surface area contributed by atoms with E-state index in [0.29, 0.717) is 0 Å². The minimum atomic E-state index is -6.26. The lowest BCUT2D eigenvalue weighted by Gasteiger charge is -2.29. The SMILES string of the molecule is C=C(C(=O)O)C(F)(F)C(F)(F)C(F)C(F)(F)F. The molecule has 1 unspecified atom stereocenters. The van der Waals surface area contributed by atoms with E-state index in [0.717, 1.165) is 0 Å². The summed E-state index contributed by atoms with van der Waals surface area (Å²) >= 11 is 0. The van der Waals surface area contributed by atoms with Gasteiger partial charge < -0.3 is 5.11 Å². The lowest BCUT2D eigenvalue weighted by Crippen LogP contribution is -2.55. The number of carbonyl (C=O) groups is 1. The topological polar surface area (TPSA) is 37.3 Å². The van der Waals surface area contributed by atoms with Crippen LogP contribution in [0.5, 0.6) is 0 Å². The van der Waals surface area contributed by atoms with Crippen LogP contribution >= 0.6 is 0 Å². The molecule has 0 aliphatic carbocycles. The van der Waals surface area contributed by atoms with E-state index in [9.17, 15) is 39.9 Å². The molecule has 0 rings (SSSR count). The van der Waals surface area contributed by atoms with E-state index in [-0.39, 0.29) is 0 Å². The maximum absolute atomic E-state index is 12.7. The van der Waals surface area contributed by atoms with Gasteiger partial charge in [0.1, 0.15) is 5.57 Å². The predicted octanol–water partition coefficient (Wildman–Crippen LogP) is 2.80. The highest BCUT2D eigenvalue weighted by Gasteiger charge is 2.71. The molecule has 10 heteroatoms. The van der Waals surface area contributed by atoms with Crippen molar-refractivity contribution in [2.24, 2.45) is 0 Å². The highest BCUT2D eigenvalue weighted by atomic mass is 19.4. The Balaban J connectivity index is 5.45. The third-order valence-electron chi connectivity index (χ3n) is 1.66. The molecule has 0 spiro atoms. The number of alkyl halides is 8. The van der Waals surface area contributed by atoms with Crippen molar-refractivity contribution < 1.29 is 45.0 Å². The highest BCUT2D eigenvalue weighted by Crippen LogP contribution is 2.47. The average Bonchev–Trinajstić information content (AvgIpc) is 2.13. The second-order valence-electron chi connectivity index (χ2n) is 2.89. The Kier molecular flexibility index (Phi) is 3.82. The first-order valence-corrected chi connectivity index (χ1v) is 3.65. The van der Waals surface area contributed by atoms with Crippen molar-refractivity contribution in [1.82, 2.24) is 0 Å². The lowest BCUT2D eigenvalue weighted by atomic mass is 9.99. The molecule has 17 heavy (non-hydrogen) atoms. The molecule has 0 saturated heterocycles. The summed E-state index contributed by atoms with van der Waals surface area (Å²) in [6, 6.07) is 0. The van der Waals surface area contributed by atoms with Gasteiger partial charge in [0.2, 0.25) is 0 Å². The molecule has 0 fully saturated rings. The minimum Gasteiger partial charge on any atom is -0.478 e. The van der Waals surface area contributed by atoms with Crippen LogP contribution in [-0.2, 0) is 4.79 Å². The van der Waals surface area contributed by atoms with Crippen LogP contribution in [0.3, 0.4) is 0 Å². The molecule has 1 atom stereocenters. The van der Waals surface area contributed by atoms with Gasteiger partial charge in [-0.25, -0.2) is 9.18 Å². The fraction of sp³-hybridized carbons (Fsp3) is 0.571. The van der Waals surface area contributed by atoms with Crippen LogP contribution in [-0.4, -0.2) is 35.3 Å². The summed E-state index contributed by atoms with van der Waals surface area (Å²) in [5, 5.41) is 7.95. The Bertz CT molecular complexity index is 331. The van der Waals surface area contributed by atoms with Crippen molar-refractivity contribution in [3.05, 3.63) is 12.2 Å². The van der Waals surface area contributed by atoms with Crippen LogP contribution in [0.15, 0.2) is 12.2 Å². The number of rotatable bonds is 4. The number of hydrogen-bond acceptors (Lipinski definition) is 1. The summed E-state index contributed by atoms with van der Waals surface area (Å²) in [6.07, 6.45) is -11.5. The van der Waals surface area contributed by atoms with Crippen LogP contribution < -0.4 is 0 Å². The van der Waals surface area contributed by atoms with Crippen LogP contribution in [0.25, 0.3) is 0 Å². The lowest BCUT2D eigenvalue weighted by molar-refractivity contribution is -0.296. The number of aliphatic carboxylic acids is 1. The van der Waals surface area contributed by atoms with Gasteiger partial charge in [0.15, 0.2) is 0 Å². The normalized spacial score (nSPS) is 15.5. The molecule has 0 bridgehead atoms. The van der Waals surface area contributed by atoms with Gasteiger partial charge in [-0.3, -0.25) is 0 Å². The first-order valence-electron chi connectivity index (χ1n) is 3.65. The zero-order valence-electron chi connectivity index (χ0n) is 7.66. The monoisotopic (exact) mass is 272 g/mol. The molecule has 0 aromatic rings. The maximum Gasteiger partial charge on any atom is 0.425 e. The minimum absolute atomic E-state index is 1.99. The Labute approximate surface area is 88.5 Å². The van der Waals surface area contributed by atoms with E-state index in [1.54, 1.807) is 0 Å². The number of halogens is 8. The summed E-state index contributed by atoms with van der Waals surface area (Å²) in [5.41, 5.74) is -2.53. The summed E-state index contributed by atoms with van der Waals surface area (Å²) in [4.78, 5) is 9.95. The molecule has 0 saturated carbocycles.